The van der Waals surface area contributed by atoms with Crippen molar-refractivity contribution in [2.75, 3.05) is 19.4 Å². The van der Waals surface area contributed by atoms with Crippen LogP contribution in [0.2, 0.25) is 1.41 Å². The zero-order valence-corrected chi connectivity index (χ0v) is 9.69. The molecule has 0 atom stereocenters. The Morgan fingerprint density at radius 2 is 1.87 bits per heavy atom. The summed E-state index contributed by atoms with van der Waals surface area (Å²) in [5, 5.41) is 0.893. The number of carbonyl (C=O) groups excluding carboxylic acids is 1. The topological polar surface area (TPSA) is 32.3 Å². The lowest BCUT2D eigenvalue weighted by atomic mass is 10.0. The number of anilines is 1. The highest BCUT2D eigenvalue weighted by Gasteiger charge is 2.04. The number of urea groups is 1. The molecule has 0 bridgehead atoms. The van der Waals surface area contributed by atoms with E-state index in [1.54, 1.807) is 26.2 Å². The Bertz CT molecular complexity index is 360. The Kier molecular flexibility index (Phi) is 3.22. The number of carbonyl (C=O) groups is 1. The van der Waals surface area contributed by atoms with Gasteiger partial charge in [0.15, 0.2) is 1.41 Å². The predicted molar refractivity (Wildman–Crippen MR) is 63.2 cm³/mol. The summed E-state index contributed by atoms with van der Waals surface area (Å²) >= 11 is 0. The normalized spacial score (nSPS) is 11.1. The van der Waals surface area contributed by atoms with Crippen LogP contribution >= 0.6 is 0 Å². The van der Waals surface area contributed by atoms with Gasteiger partial charge in [-0.05, 0) is 23.6 Å². The van der Waals surface area contributed by atoms with Crippen LogP contribution in [0.3, 0.4) is 0 Å². The third-order valence-corrected chi connectivity index (χ3v) is 2.17. The Morgan fingerprint density at radius 3 is 2.27 bits per heavy atom. The Hall–Kier alpha value is -1.51. The minimum atomic E-state index is -0.350. The fourth-order valence-electron chi connectivity index (χ4n) is 1.14. The molecule has 0 fully saturated rings. The Balaban J connectivity index is 2.85. The number of benzene rings is 1. The van der Waals surface area contributed by atoms with Crippen molar-refractivity contribution in [1.82, 2.24) is 4.90 Å². The second-order valence-corrected chi connectivity index (χ2v) is 4.04. The van der Waals surface area contributed by atoms with Gasteiger partial charge in [0.1, 0.15) is 0 Å². The van der Waals surface area contributed by atoms with Crippen LogP contribution in [0.1, 0.15) is 25.3 Å². The zero-order chi connectivity index (χ0) is 12.3. The first-order valence-electron chi connectivity index (χ1n) is 5.48. The van der Waals surface area contributed by atoms with Gasteiger partial charge in [0.2, 0.25) is 0 Å². The molecule has 1 aromatic rings. The fraction of sp³-hybridized carbons (Fsp3) is 0.417. The monoisotopic (exact) mass is 207 g/mol. The van der Waals surface area contributed by atoms with E-state index in [1.807, 2.05) is 12.1 Å². The van der Waals surface area contributed by atoms with E-state index in [0.29, 0.717) is 11.6 Å². The van der Waals surface area contributed by atoms with Gasteiger partial charge in [-0.15, -0.1) is 0 Å². The van der Waals surface area contributed by atoms with Crippen molar-refractivity contribution in [1.29, 1.82) is 0 Å². The number of hydrogen-bond acceptors (Lipinski definition) is 1. The minimum Gasteiger partial charge on any atom is -0.331 e. The standard InChI is InChI=1S/C12H18N2O/c1-9(2)10-5-7-11(8-6-10)13-12(15)14(3)4/h5-9H,1-4H3,(H,13,15)/i/hD. The van der Waals surface area contributed by atoms with Crippen LogP contribution in [0.25, 0.3) is 0 Å². The van der Waals surface area contributed by atoms with Crippen molar-refractivity contribution in [3.63, 3.8) is 0 Å². The second-order valence-electron chi connectivity index (χ2n) is 4.04. The van der Waals surface area contributed by atoms with Crippen molar-refractivity contribution < 1.29 is 6.21 Å². The molecule has 2 amide bonds. The number of rotatable bonds is 2. The zero-order valence-electron chi connectivity index (χ0n) is 10.7. The lowest BCUT2D eigenvalue weighted by Crippen LogP contribution is -2.27. The van der Waals surface area contributed by atoms with E-state index >= 15 is 0 Å². The van der Waals surface area contributed by atoms with Crippen LogP contribution < -0.4 is 5.31 Å². The molecule has 0 heterocycles. The van der Waals surface area contributed by atoms with Crippen molar-refractivity contribution in [3.05, 3.63) is 29.8 Å². The molecule has 0 radical (unpaired) electrons. The minimum absolute atomic E-state index is 0.350. The summed E-state index contributed by atoms with van der Waals surface area (Å²) < 4.78 is 7.67. The Labute approximate surface area is 92.6 Å². The molecule has 0 aromatic heterocycles. The molecule has 0 aliphatic heterocycles. The summed E-state index contributed by atoms with van der Waals surface area (Å²) in [6.45, 7) is 4.22. The molecule has 15 heavy (non-hydrogen) atoms. The number of amides is 2. The first kappa shape index (κ1) is 10.0. The van der Waals surface area contributed by atoms with E-state index in [4.69, 9.17) is 1.41 Å². The second kappa shape index (κ2) is 4.82. The summed E-state index contributed by atoms with van der Waals surface area (Å²) in [6.07, 6.45) is 0. The fourth-order valence-corrected chi connectivity index (χ4v) is 1.14. The van der Waals surface area contributed by atoms with Gasteiger partial charge >= 0.3 is 6.03 Å². The summed E-state index contributed by atoms with van der Waals surface area (Å²) in [4.78, 5) is 12.9. The highest BCUT2D eigenvalue weighted by Crippen LogP contribution is 2.17. The molecular weight excluding hydrogens is 188 g/mol. The van der Waals surface area contributed by atoms with E-state index < -0.39 is 0 Å². The van der Waals surface area contributed by atoms with Crippen molar-refractivity contribution >= 4 is 11.7 Å². The quantitative estimate of drug-likeness (QED) is 0.794. The van der Waals surface area contributed by atoms with Gasteiger partial charge in [0.05, 0.1) is 0 Å². The van der Waals surface area contributed by atoms with Gasteiger partial charge in [-0.1, -0.05) is 26.0 Å². The van der Waals surface area contributed by atoms with E-state index in [2.05, 4.69) is 13.8 Å². The summed E-state index contributed by atoms with van der Waals surface area (Å²) in [6, 6.07) is 7.14. The summed E-state index contributed by atoms with van der Waals surface area (Å²) in [5.74, 6) is 0.456. The Morgan fingerprint density at radius 1 is 1.33 bits per heavy atom. The van der Waals surface area contributed by atoms with Gasteiger partial charge in [-0.3, -0.25) is 0 Å². The van der Waals surface area contributed by atoms with Crippen molar-refractivity contribution in [2.24, 2.45) is 0 Å². The van der Waals surface area contributed by atoms with Crippen LogP contribution in [0.4, 0.5) is 10.5 Å². The van der Waals surface area contributed by atoms with E-state index in [-0.39, 0.29) is 6.03 Å². The average Bonchev–Trinajstić information content (AvgIpc) is 2.27. The highest BCUT2D eigenvalue weighted by molar-refractivity contribution is 5.88. The molecule has 82 valence electrons. The van der Waals surface area contributed by atoms with Crippen molar-refractivity contribution in [2.45, 2.75) is 19.8 Å². The van der Waals surface area contributed by atoms with Crippen LogP contribution in [0.15, 0.2) is 24.3 Å². The summed E-state index contributed by atoms with van der Waals surface area (Å²) in [7, 11) is 3.26. The smallest absolute Gasteiger partial charge is 0.321 e. The van der Waals surface area contributed by atoms with Gasteiger partial charge in [-0.2, -0.15) is 0 Å². The van der Waals surface area contributed by atoms with Crippen LogP contribution in [-0.4, -0.2) is 25.0 Å². The first-order chi connectivity index (χ1) is 7.43. The summed E-state index contributed by atoms with van der Waals surface area (Å²) in [5.41, 5.74) is 1.79. The van der Waals surface area contributed by atoms with E-state index in [1.165, 1.54) is 10.5 Å². The van der Waals surface area contributed by atoms with Crippen LogP contribution in [0, 0.1) is 0 Å². The number of nitrogens with zero attached hydrogens (tertiary/aromatic N) is 1. The van der Waals surface area contributed by atoms with Gasteiger partial charge in [0, 0.05) is 19.8 Å². The van der Waals surface area contributed by atoms with Crippen LogP contribution in [0.5, 0.6) is 0 Å². The number of hydrogen-bond donors (Lipinski definition) is 1. The number of nitrogens with one attached hydrogen (secondary N) is 1. The molecule has 0 aliphatic carbocycles. The third-order valence-electron chi connectivity index (χ3n) is 2.17. The van der Waals surface area contributed by atoms with E-state index in [9.17, 15) is 4.79 Å². The first-order valence-corrected chi connectivity index (χ1v) is 5.03. The molecular formula is C12H18N2O. The molecule has 3 nitrogen and oxygen atoms in total. The molecule has 0 saturated carbocycles. The molecule has 0 saturated heterocycles. The van der Waals surface area contributed by atoms with Gasteiger partial charge in [-0.25, -0.2) is 4.79 Å². The predicted octanol–water partition coefficient (Wildman–Crippen LogP) is 2.90. The third kappa shape index (κ3) is 3.27. The molecule has 1 N–H and O–H groups in total. The SMILES string of the molecule is [2H]N(C(=O)N(C)C)c1ccc(C(C)C)cc1. The van der Waals surface area contributed by atoms with Crippen molar-refractivity contribution in [3.8, 4) is 0 Å². The maximum Gasteiger partial charge on any atom is 0.321 e. The molecule has 0 unspecified atom stereocenters. The molecule has 0 aliphatic rings. The average molecular weight is 207 g/mol. The highest BCUT2D eigenvalue weighted by atomic mass is 16.2. The lowest BCUT2D eigenvalue weighted by molar-refractivity contribution is 0.230. The maximum atomic E-state index is 11.5. The van der Waals surface area contributed by atoms with Gasteiger partial charge < -0.3 is 10.2 Å². The van der Waals surface area contributed by atoms with E-state index in [0.717, 1.165) is 5.31 Å². The lowest BCUT2D eigenvalue weighted by Gasteiger charge is -2.12. The molecule has 3 heteroatoms. The largest absolute Gasteiger partial charge is 0.331 e. The molecule has 1 rings (SSSR count). The molecule has 0 spiro atoms. The van der Waals surface area contributed by atoms with Crippen LogP contribution in [-0.2, 0) is 0 Å². The molecule has 1 aromatic carbocycles. The van der Waals surface area contributed by atoms with Gasteiger partial charge in [0.25, 0.3) is 0 Å². The maximum absolute atomic E-state index is 11.5.